The van der Waals surface area contributed by atoms with Crippen LogP contribution in [0.2, 0.25) is 0 Å². The number of ether oxygens (including phenoxy) is 1. The highest BCUT2D eigenvalue weighted by Gasteiger charge is 2.19. The summed E-state index contributed by atoms with van der Waals surface area (Å²) in [7, 11) is 1.17. The smallest absolute Gasteiger partial charge is 0.307 e. The van der Waals surface area contributed by atoms with Crippen molar-refractivity contribution in [3.8, 4) is 0 Å². The van der Waals surface area contributed by atoms with Crippen molar-refractivity contribution in [2.24, 2.45) is 0 Å². The van der Waals surface area contributed by atoms with Crippen LogP contribution in [0.3, 0.4) is 0 Å². The largest absolute Gasteiger partial charge is 0.469 e. The van der Waals surface area contributed by atoms with Gasteiger partial charge in [0.25, 0.3) is 0 Å². The van der Waals surface area contributed by atoms with E-state index in [1.54, 1.807) is 0 Å². The van der Waals surface area contributed by atoms with E-state index in [9.17, 15) is 22.8 Å². The van der Waals surface area contributed by atoms with Crippen LogP contribution in [0, 0.1) is 17.5 Å². The standard InChI is InChI=1S/C13H14F3NO3/c1-7(18)17-9(5-13(19)20-2)3-8-4-11(15)12(16)6-10(8)14/h4,6,9H,3,5H2,1-2H3,(H,17,18)/t9-/m0/s1. The fourth-order valence-electron chi connectivity index (χ4n) is 1.73. The maximum absolute atomic E-state index is 13.5. The lowest BCUT2D eigenvalue weighted by Crippen LogP contribution is -2.37. The first kappa shape index (κ1) is 16.0. The van der Waals surface area contributed by atoms with Crippen LogP contribution in [-0.4, -0.2) is 25.0 Å². The quantitative estimate of drug-likeness (QED) is 0.663. The van der Waals surface area contributed by atoms with Gasteiger partial charge in [-0.15, -0.1) is 0 Å². The molecule has 7 heteroatoms. The minimum absolute atomic E-state index is 0.133. The van der Waals surface area contributed by atoms with Crippen molar-refractivity contribution in [2.75, 3.05) is 7.11 Å². The van der Waals surface area contributed by atoms with Gasteiger partial charge in [0.05, 0.1) is 13.5 Å². The molecule has 0 aliphatic carbocycles. The van der Waals surface area contributed by atoms with Gasteiger partial charge >= 0.3 is 5.97 Å². The van der Waals surface area contributed by atoms with Gasteiger partial charge in [0.2, 0.25) is 5.91 Å². The topological polar surface area (TPSA) is 55.4 Å². The van der Waals surface area contributed by atoms with Gasteiger partial charge < -0.3 is 10.1 Å². The van der Waals surface area contributed by atoms with Crippen LogP contribution >= 0.6 is 0 Å². The molecule has 0 saturated carbocycles. The third kappa shape index (κ3) is 4.56. The third-order valence-electron chi connectivity index (χ3n) is 2.60. The number of rotatable bonds is 5. The van der Waals surface area contributed by atoms with E-state index in [4.69, 9.17) is 0 Å². The molecule has 1 aromatic rings. The van der Waals surface area contributed by atoms with Gasteiger partial charge in [-0.3, -0.25) is 9.59 Å². The first-order chi connectivity index (χ1) is 9.33. The van der Waals surface area contributed by atoms with E-state index < -0.39 is 35.4 Å². The molecular weight excluding hydrogens is 275 g/mol. The average Bonchev–Trinajstić information content (AvgIpc) is 2.34. The molecule has 1 atom stereocenters. The second-order valence-corrected chi connectivity index (χ2v) is 4.24. The Morgan fingerprint density at radius 2 is 1.80 bits per heavy atom. The van der Waals surface area contributed by atoms with Crippen molar-refractivity contribution in [3.05, 3.63) is 35.1 Å². The predicted molar refractivity (Wildman–Crippen MR) is 64.3 cm³/mol. The molecule has 110 valence electrons. The molecule has 0 spiro atoms. The van der Waals surface area contributed by atoms with Gasteiger partial charge in [-0.2, -0.15) is 0 Å². The molecule has 0 unspecified atom stereocenters. The summed E-state index contributed by atoms with van der Waals surface area (Å²) in [6, 6.07) is 0.365. The molecule has 0 fully saturated rings. The summed E-state index contributed by atoms with van der Waals surface area (Å²) in [5.41, 5.74) is -0.133. The maximum Gasteiger partial charge on any atom is 0.307 e. The van der Waals surface area contributed by atoms with Crippen molar-refractivity contribution in [3.63, 3.8) is 0 Å². The number of nitrogens with one attached hydrogen (secondary N) is 1. The molecule has 0 heterocycles. The van der Waals surface area contributed by atoms with Crippen molar-refractivity contribution in [1.82, 2.24) is 5.32 Å². The van der Waals surface area contributed by atoms with Gasteiger partial charge in [0, 0.05) is 19.0 Å². The normalized spacial score (nSPS) is 11.8. The summed E-state index contributed by atoms with van der Waals surface area (Å²) in [5.74, 6) is -4.46. The number of carbonyl (C=O) groups is 2. The van der Waals surface area contributed by atoms with Gasteiger partial charge in [0.1, 0.15) is 5.82 Å². The van der Waals surface area contributed by atoms with E-state index in [0.717, 1.165) is 0 Å². The van der Waals surface area contributed by atoms with Gasteiger partial charge in [-0.1, -0.05) is 0 Å². The summed E-state index contributed by atoms with van der Waals surface area (Å²) in [4.78, 5) is 22.2. The monoisotopic (exact) mass is 289 g/mol. The number of methoxy groups -OCH3 is 1. The third-order valence-corrected chi connectivity index (χ3v) is 2.60. The molecule has 0 radical (unpaired) electrons. The zero-order valence-corrected chi connectivity index (χ0v) is 11.0. The zero-order valence-electron chi connectivity index (χ0n) is 11.0. The maximum atomic E-state index is 13.5. The summed E-state index contributed by atoms with van der Waals surface area (Å²) in [5, 5.41) is 2.43. The molecule has 1 rings (SSSR count). The second kappa shape index (κ2) is 6.93. The molecule has 4 nitrogen and oxygen atoms in total. The first-order valence-corrected chi connectivity index (χ1v) is 5.80. The molecule has 1 amide bonds. The van der Waals surface area contributed by atoms with Crippen LogP contribution in [0.15, 0.2) is 12.1 Å². The van der Waals surface area contributed by atoms with Gasteiger partial charge in [-0.25, -0.2) is 13.2 Å². The van der Waals surface area contributed by atoms with E-state index >= 15 is 0 Å². The number of halogens is 3. The Hall–Kier alpha value is -2.05. The minimum atomic E-state index is -1.30. The van der Waals surface area contributed by atoms with Gasteiger partial charge in [0.15, 0.2) is 11.6 Å². The lowest BCUT2D eigenvalue weighted by atomic mass is 10.0. The van der Waals surface area contributed by atoms with E-state index in [1.807, 2.05) is 0 Å². The zero-order chi connectivity index (χ0) is 15.3. The highest BCUT2D eigenvalue weighted by Crippen LogP contribution is 2.16. The Balaban J connectivity index is 2.91. The van der Waals surface area contributed by atoms with Crippen LogP contribution < -0.4 is 5.32 Å². The summed E-state index contributed by atoms with van der Waals surface area (Å²) < 4.78 is 43.9. The Labute approximate surface area is 113 Å². The predicted octanol–water partition coefficient (Wildman–Crippen LogP) is 1.71. The molecule has 0 aromatic heterocycles. The van der Waals surface area contributed by atoms with Crippen molar-refractivity contribution >= 4 is 11.9 Å². The van der Waals surface area contributed by atoms with Gasteiger partial charge in [-0.05, 0) is 18.1 Å². The number of amides is 1. The number of benzene rings is 1. The molecule has 1 N–H and O–H groups in total. The average molecular weight is 289 g/mol. The minimum Gasteiger partial charge on any atom is -0.469 e. The van der Waals surface area contributed by atoms with Crippen LogP contribution in [0.4, 0.5) is 13.2 Å². The molecule has 0 aliphatic rings. The highest BCUT2D eigenvalue weighted by molar-refractivity contribution is 5.75. The second-order valence-electron chi connectivity index (χ2n) is 4.24. The van der Waals surface area contributed by atoms with Crippen molar-refractivity contribution in [2.45, 2.75) is 25.8 Å². The van der Waals surface area contributed by atoms with Crippen LogP contribution in [0.5, 0.6) is 0 Å². The molecule has 1 aromatic carbocycles. The molecule has 0 bridgehead atoms. The van der Waals surface area contributed by atoms with Crippen molar-refractivity contribution < 1.29 is 27.5 Å². The summed E-state index contributed by atoms with van der Waals surface area (Å²) in [6.07, 6.45) is -0.355. The van der Waals surface area contributed by atoms with E-state index in [2.05, 4.69) is 10.1 Å². The Kier molecular flexibility index (Phi) is 5.54. The SMILES string of the molecule is COC(=O)C[C@H](Cc1cc(F)c(F)cc1F)NC(C)=O. The Morgan fingerprint density at radius 3 is 2.35 bits per heavy atom. The molecule has 0 aliphatic heterocycles. The summed E-state index contributed by atoms with van der Waals surface area (Å²) in [6.45, 7) is 1.23. The number of hydrogen-bond acceptors (Lipinski definition) is 3. The highest BCUT2D eigenvalue weighted by atomic mass is 19.2. The van der Waals surface area contributed by atoms with Crippen molar-refractivity contribution in [1.29, 1.82) is 0 Å². The van der Waals surface area contributed by atoms with Crippen LogP contribution in [0.25, 0.3) is 0 Å². The number of carbonyl (C=O) groups excluding carboxylic acids is 2. The fraction of sp³-hybridized carbons (Fsp3) is 0.385. The van der Waals surface area contributed by atoms with E-state index in [1.165, 1.54) is 14.0 Å². The summed E-state index contributed by atoms with van der Waals surface area (Å²) >= 11 is 0. The lowest BCUT2D eigenvalue weighted by Gasteiger charge is -2.17. The van der Waals surface area contributed by atoms with E-state index in [-0.39, 0.29) is 18.4 Å². The van der Waals surface area contributed by atoms with Crippen LogP contribution in [0.1, 0.15) is 18.9 Å². The molecule has 0 saturated heterocycles. The fourth-order valence-corrected chi connectivity index (χ4v) is 1.73. The Morgan fingerprint density at radius 1 is 1.20 bits per heavy atom. The number of esters is 1. The Bertz CT molecular complexity index is 520. The number of hydrogen-bond donors (Lipinski definition) is 1. The first-order valence-electron chi connectivity index (χ1n) is 5.80. The molecular formula is C13H14F3NO3. The lowest BCUT2D eigenvalue weighted by molar-refractivity contribution is -0.141. The van der Waals surface area contributed by atoms with E-state index in [0.29, 0.717) is 12.1 Å². The molecule has 20 heavy (non-hydrogen) atoms. The van der Waals surface area contributed by atoms with Crippen LogP contribution in [-0.2, 0) is 20.7 Å².